The van der Waals surface area contributed by atoms with Crippen LogP contribution in [0.1, 0.15) is 23.0 Å². The summed E-state index contributed by atoms with van der Waals surface area (Å²) in [5.74, 6) is 0.146. The van der Waals surface area contributed by atoms with E-state index in [-0.39, 0.29) is 5.78 Å². The molecule has 0 N–H and O–H groups in total. The molecule has 0 atom stereocenters. The van der Waals surface area contributed by atoms with Crippen LogP contribution >= 0.6 is 39.0 Å². The van der Waals surface area contributed by atoms with Gasteiger partial charge in [0.1, 0.15) is 0 Å². The number of thioether (sulfide) groups is 1. The maximum atomic E-state index is 11.8. The molecule has 0 amide bonds. The van der Waals surface area contributed by atoms with E-state index in [9.17, 15) is 4.79 Å². The Morgan fingerprint density at radius 2 is 2.40 bits per heavy atom. The summed E-state index contributed by atoms with van der Waals surface area (Å²) >= 11 is 6.35. The first-order valence-corrected chi connectivity index (χ1v) is 7.41. The Hall–Kier alpha value is -0.130. The van der Waals surface area contributed by atoms with Gasteiger partial charge in [-0.3, -0.25) is 9.79 Å². The molecule has 0 aliphatic heterocycles. The molecule has 0 aliphatic carbocycles. The summed E-state index contributed by atoms with van der Waals surface area (Å²) < 4.78 is 0.967. The molecule has 0 saturated carbocycles. The quantitative estimate of drug-likeness (QED) is 0.480. The Kier molecular flexibility index (Phi) is 5.56. The molecule has 82 valence electrons. The number of hydrogen-bond donors (Lipinski definition) is 0. The van der Waals surface area contributed by atoms with Crippen LogP contribution in [-0.2, 0) is 0 Å². The van der Waals surface area contributed by atoms with Crippen molar-refractivity contribution in [2.24, 2.45) is 4.99 Å². The fourth-order valence-corrected chi connectivity index (χ4v) is 2.95. The van der Waals surface area contributed by atoms with Crippen molar-refractivity contribution in [3.05, 3.63) is 20.8 Å². The predicted molar refractivity (Wildman–Crippen MR) is 72.5 cm³/mol. The van der Waals surface area contributed by atoms with Crippen LogP contribution in [0.3, 0.4) is 0 Å². The van der Waals surface area contributed by atoms with Gasteiger partial charge >= 0.3 is 0 Å². The van der Waals surface area contributed by atoms with Crippen LogP contribution in [0.15, 0.2) is 20.9 Å². The number of aliphatic imine (C=N–C) groups is 1. The lowest BCUT2D eigenvalue weighted by molar-refractivity contribution is 0.100. The molecule has 15 heavy (non-hydrogen) atoms. The van der Waals surface area contributed by atoms with Crippen LogP contribution < -0.4 is 0 Å². The zero-order valence-corrected chi connectivity index (χ0v) is 11.8. The van der Waals surface area contributed by atoms with Gasteiger partial charge in [0, 0.05) is 16.4 Å². The summed E-state index contributed by atoms with van der Waals surface area (Å²) in [6, 6.07) is 1.86. The largest absolute Gasteiger partial charge is 0.293 e. The first-order valence-electron chi connectivity index (χ1n) is 4.52. The monoisotopic (exact) mass is 305 g/mol. The van der Waals surface area contributed by atoms with E-state index in [0.29, 0.717) is 6.42 Å². The lowest BCUT2D eigenvalue weighted by atomic mass is 10.2. The number of ketones is 1. The molecule has 5 heteroatoms. The predicted octanol–water partition coefficient (Wildman–Crippen LogP) is 3.86. The minimum Gasteiger partial charge on any atom is -0.293 e. The summed E-state index contributed by atoms with van der Waals surface area (Å²) in [4.78, 5) is 16.9. The van der Waals surface area contributed by atoms with E-state index < -0.39 is 0 Å². The average Bonchev–Trinajstić information content (AvgIpc) is 2.64. The Morgan fingerprint density at radius 3 is 2.87 bits per heavy atom. The standard InChI is InChI=1S/C10H12BrNOS2/c1-3-12-10(14-2)5-8(13)9-4-7(11)6-15-9/h4,6H,3,5H2,1-2H3. The lowest BCUT2D eigenvalue weighted by Gasteiger charge is -2.00. The number of rotatable bonds is 4. The van der Waals surface area contributed by atoms with Crippen molar-refractivity contribution in [2.45, 2.75) is 13.3 Å². The molecule has 0 aromatic carbocycles. The Labute approximate surface area is 106 Å². The van der Waals surface area contributed by atoms with E-state index in [2.05, 4.69) is 20.9 Å². The Bertz CT molecular complexity index is 373. The summed E-state index contributed by atoms with van der Waals surface area (Å²) in [5.41, 5.74) is 0. The maximum absolute atomic E-state index is 11.8. The lowest BCUT2D eigenvalue weighted by Crippen LogP contribution is -2.04. The zero-order chi connectivity index (χ0) is 11.3. The highest BCUT2D eigenvalue weighted by molar-refractivity contribution is 9.10. The van der Waals surface area contributed by atoms with Crippen LogP contribution in [-0.4, -0.2) is 23.6 Å². The van der Waals surface area contributed by atoms with Gasteiger partial charge in [-0.15, -0.1) is 23.1 Å². The maximum Gasteiger partial charge on any atom is 0.179 e. The van der Waals surface area contributed by atoms with Crippen molar-refractivity contribution >= 4 is 49.9 Å². The minimum atomic E-state index is 0.146. The number of thiophene rings is 1. The molecule has 2 nitrogen and oxygen atoms in total. The van der Waals surface area contributed by atoms with Crippen LogP contribution in [0.5, 0.6) is 0 Å². The van der Waals surface area contributed by atoms with Crippen molar-refractivity contribution in [2.75, 3.05) is 12.8 Å². The molecule has 1 aromatic heterocycles. The van der Waals surface area contributed by atoms with Gasteiger partial charge in [0.05, 0.1) is 16.3 Å². The van der Waals surface area contributed by atoms with E-state index in [4.69, 9.17) is 0 Å². The van der Waals surface area contributed by atoms with Crippen LogP contribution in [0.2, 0.25) is 0 Å². The summed E-state index contributed by atoms with van der Waals surface area (Å²) in [6.45, 7) is 2.71. The van der Waals surface area contributed by atoms with Crippen molar-refractivity contribution < 1.29 is 4.79 Å². The second-order valence-electron chi connectivity index (χ2n) is 2.80. The smallest absolute Gasteiger partial charge is 0.179 e. The molecule has 0 aliphatic rings. The number of carbonyl (C=O) groups is 1. The number of hydrogen-bond acceptors (Lipinski definition) is 4. The summed E-state index contributed by atoms with van der Waals surface area (Å²) in [7, 11) is 0. The number of nitrogens with zero attached hydrogens (tertiary/aromatic N) is 1. The third-order valence-electron chi connectivity index (χ3n) is 1.72. The zero-order valence-electron chi connectivity index (χ0n) is 8.62. The third-order valence-corrected chi connectivity index (χ3v) is 4.20. The fraction of sp³-hybridized carbons (Fsp3) is 0.400. The van der Waals surface area contributed by atoms with E-state index in [1.807, 2.05) is 24.6 Å². The highest BCUT2D eigenvalue weighted by Gasteiger charge is 2.11. The minimum absolute atomic E-state index is 0.146. The van der Waals surface area contributed by atoms with Crippen molar-refractivity contribution in [3.63, 3.8) is 0 Å². The van der Waals surface area contributed by atoms with Gasteiger partial charge in [0.2, 0.25) is 0 Å². The number of carbonyl (C=O) groups excluding carboxylic acids is 1. The average molecular weight is 306 g/mol. The molecule has 0 saturated heterocycles. The van der Waals surface area contributed by atoms with Crippen LogP contribution in [0.4, 0.5) is 0 Å². The van der Waals surface area contributed by atoms with E-state index in [0.717, 1.165) is 20.9 Å². The number of halogens is 1. The van der Waals surface area contributed by atoms with E-state index in [1.165, 1.54) is 11.3 Å². The first-order chi connectivity index (χ1) is 7.17. The van der Waals surface area contributed by atoms with E-state index >= 15 is 0 Å². The Morgan fingerprint density at radius 1 is 1.67 bits per heavy atom. The van der Waals surface area contributed by atoms with Gasteiger partial charge in [0.15, 0.2) is 5.78 Å². The second-order valence-corrected chi connectivity index (χ2v) is 5.51. The molecule has 1 heterocycles. The van der Waals surface area contributed by atoms with Gasteiger partial charge < -0.3 is 0 Å². The van der Waals surface area contributed by atoms with Crippen LogP contribution in [0.25, 0.3) is 0 Å². The normalized spacial score (nSPS) is 11.8. The van der Waals surface area contributed by atoms with E-state index in [1.54, 1.807) is 11.8 Å². The summed E-state index contributed by atoms with van der Waals surface area (Å²) in [6.07, 6.45) is 2.37. The highest BCUT2D eigenvalue weighted by atomic mass is 79.9. The second kappa shape index (κ2) is 6.45. The first kappa shape index (κ1) is 12.9. The summed E-state index contributed by atoms with van der Waals surface area (Å²) in [5, 5.41) is 2.83. The van der Waals surface area contributed by atoms with Crippen molar-refractivity contribution in [1.29, 1.82) is 0 Å². The molecule has 0 bridgehead atoms. The van der Waals surface area contributed by atoms with Gasteiger partial charge in [-0.25, -0.2) is 0 Å². The van der Waals surface area contributed by atoms with Crippen molar-refractivity contribution in [3.8, 4) is 0 Å². The molecule has 0 fully saturated rings. The Balaban J connectivity index is 2.66. The van der Waals surface area contributed by atoms with Crippen LogP contribution in [0, 0.1) is 0 Å². The molecule has 1 aromatic rings. The molecule has 0 radical (unpaired) electrons. The molecule has 0 unspecified atom stereocenters. The SMILES string of the molecule is CCN=C(CC(=O)c1cc(Br)cs1)SC. The molecular weight excluding hydrogens is 294 g/mol. The molecule has 1 rings (SSSR count). The molecule has 0 spiro atoms. The van der Waals surface area contributed by atoms with Gasteiger partial charge in [0.25, 0.3) is 0 Å². The topological polar surface area (TPSA) is 29.4 Å². The van der Waals surface area contributed by atoms with Gasteiger partial charge in [-0.1, -0.05) is 0 Å². The molecular formula is C10H12BrNOS2. The van der Waals surface area contributed by atoms with Crippen molar-refractivity contribution in [1.82, 2.24) is 0 Å². The highest BCUT2D eigenvalue weighted by Crippen LogP contribution is 2.21. The van der Waals surface area contributed by atoms with Gasteiger partial charge in [-0.05, 0) is 35.2 Å². The third kappa shape index (κ3) is 4.09. The van der Waals surface area contributed by atoms with Gasteiger partial charge in [-0.2, -0.15) is 0 Å². The number of Topliss-reactive ketones (excluding diaryl/α,β-unsaturated/α-hetero) is 1. The fourth-order valence-electron chi connectivity index (χ4n) is 1.05.